The third-order valence-electron chi connectivity index (χ3n) is 2.04. The number of guanidine groups is 1. The minimum Gasteiger partial charge on any atom is -0.349 e. The summed E-state index contributed by atoms with van der Waals surface area (Å²) >= 11 is 0. The molecule has 1 aromatic carbocycles. The van der Waals surface area contributed by atoms with Crippen molar-refractivity contribution in [2.24, 2.45) is 4.99 Å². The van der Waals surface area contributed by atoms with Gasteiger partial charge in [0.05, 0.1) is 0 Å². The Balaban J connectivity index is 2.90. The van der Waals surface area contributed by atoms with Crippen LogP contribution >= 0.6 is 0 Å². The van der Waals surface area contributed by atoms with Crippen molar-refractivity contribution < 1.29 is 0 Å². The van der Waals surface area contributed by atoms with Crippen LogP contribution < -0.4 is 4.90 Å². The predicted octanol–water partition coefficient (Wildman–Crippen LogP) is 1.67. The molecule has 0 spiro atoms. The molecule has 0 aliphatic heterocycles. The van der Waals surface area contributed by atoms with E-state index in [1.165, 1.54) is 0 Å². The molecule has 0 saturated carbocycles. The molecule has 0 bridgehead atoms. The Morgan fingerprint density at radius 2 is 1.64 bits per heavy atom. The van der Waals surface area contributed by atoms with Crippen LogP contribution in [-0.2, 0) is 0 Å². The molecule has 0 aliphatic rings. The lowest BCUT2D eigenvalue weighted by molar-refractivity contribution is 0.607. The summed E-state index contributed by atoms with van der Waals surface area (Å²) in [5.74, 6) is 0.941. The first kappa shape index (κ1) is 10.6. The van der Waals surface area contributed by atoms with E-state index < -0.39 is 0 Å². The fourth-order valence-corrected chi connectivity index (χ4v) is 1.42. The first-order valence-electron chi connectivity index (χ1n) is 4.59. The van der Waals surface area contributed by atoms with Gasteiger partial charge in [-0.05, 0) is 12.1 Å². The van der Waals surface area contributed by atoms with E-state index in [1.807, 2.05) is 44.2 Å². The Bertz CT molecular complexity index is 304. The van der Waals surface area contributed by atoms with Crippen molar-refractivity contribution in [3.63, 3.8) is 0 Å². The van der Waals surface area contributed by atoms with E-state index in [2.05, 4.69) is 22.0 Å². The Labute approximate surface area is 85.7 Å². The molecular weight excluding hydrogens is 174 g/mol. The summed E-state index contributed by atoms with van der Waals surface area (Å²) < 4.78 is 0. The van der Waals surface area contributed by atoms with Crippen LogP contribution in [0.3, 0.4) is 0 Å². The summed E-state index contributed by atoms with van der Waals surface area (Å²) in [5, 5.41) is 0. The molecule has 0 unspecified atom stereocenters. The molecule has 0 N–H and O–H groups in total. The van der Waals surface area contributed by atoms with Gasteiger partial charge < -0.3 is 9.80 Å². The first-order valence-corrected chi connectivity index (χ1v) is 4.59. The number of para-hydroxylation sites is 1. The summed E-state index contributed by atoms with van der Waals surface area (Å²) in [5.41, 5.74) is 1.14. The van der Waals surface area contributed by atoms with Gasteiger partial charge in [0.15, 0.2) is 5.96 Å². The van der Waals surface area contributed by atoms with Gasteiger partial charge in [0.1, 0.15) is 0 Å². The molecule has 0 aromatic heterocycles. The molecule has 14 heavy (non-hydrogen) atoms. The third-order valence-corrected chi connectivity index (χ3v) is 2.04. The van der Waals surface area contributed by atoms with E-state index in [1.54, 1.807) is 7.05 Å². The SMILES string of the molecule is CN=C(N(C)C)N(C)c1ccccc1. The first-order chi connectivity index (χ1) is 6.66. The van der Waals surface area contributed by atoms with Crippen molar-refractivity contribution in [2.45, 2.75) is 0 Å². The predicted molar refractivity (Wildman–Crippen MR) is 61.9 cm³/mol. The van der Waals surface area contributed by atoms with Crippen molar-refractivity contribution in [3.8, 4) is 0 Å². The molecule has 0 fully saturated rings. The van der Waals surface area contributed by atoms with E-state index in [4.69, 9.17) is 0 Å². The van der Waals surface area contributed by atoms with Crippen LogP contribution in [0.1, 0.15) is 0 Å². The smallest absolute Gasteiger partial charge is 0.200 e. The van der Waals surface area contributed by atoms with Crippen molar-refractivity contribution in [3.05, 3.63) is 30.3 Å². The highest BCUT2D eigenvalue weighted by molar-refractivity contribution is 5.95. The summed E-state index contributed by atoms with van der Waals surface area (Å²) in [6, 6.07) is 10.2. The highest BCUT2D eigenvalue weighted by Crippen LogP contribution is 2.11. The largest absolute Gasteiger partial charge is 0.349 e. The summed E-state index contributed by atoms with van der Waals surface area (Å²) in [7, 11) is 7.79. The van der Waals surface area contributed by atoms with Crippen LogP contribution in [0.5, 0.6) is 0 Å². The standard InChI is InChI=1S/C11H17N3/c1-12-11(13(2)3)14(4)10-8-6-5-7-9-10/h5-9H,1-4H3. The Kier molecular flexibility index (Phi) is 3.51. The fraction of sp³-hybridized carbons (Fsp3) is 0.364. The number of nitrogens with zero attached hydrogens (tertiary/aromatic N) is 3. The van der Waals surface area contributed by atoms with Gasteiger partial charge in [-0.3, -0.25) is 4.99 Å². The van der Waals surface area contributed by atoms with Crippen molar-refractivity contribution in [1.29, 1.82) is 0 Å². The van der Waals surface area contributed by atoms with Gasteiger partial charge in [-0.25, -0.2) is 0 Å². The second-order valence-electron chi connectivity index (χ2n) is 3.31. The Morgan fingerprint density at radius 3 is 2.07 bits per heavy atom. The topological polar surface area (TPSA) is 18.8 Å². The molecule has 0 radical (unpaired) electrons. The molecule has 0 atom stereocenters. The number of hydrogen-bond donors (Lipinski definition) is 0. The molecule has 1 rings (SSSR count). The highest BCUT2D eigenvalue weighted by Gasteiger charge is 2.08. The zero-order valence-corrected chi connectivity index (χ0v) is 9.23. The summed E-state index contributed by atoms with van der Waals surface area (Å²) in [6.45, 7) is 0. The Morgan fingerprint density at radius 1 is 1.07 bits per heavy atom. The maximum absolute atomic E-state index is 4.23. The number of benzene rings is 1. The van der Waals surface area contributed by atoms with Crippen molar-refractivity contribution in [2.75, 3.05) is 33.1 Å². The zero-order chi connectivity index (χ0) is 10.6. The average molecular weight is 191 g/mol. The van der Waals surface area contributed by atoms with Gasteiger partial charge in [-0.1, -0.05) is 18.2 Å². The maximum Gasteiger partial charge on any atom is 0.200 e. The van der Waals surface area contributed by atoms with Crippen LogP contribution in [0, 0.1) is 0 Å². The van der Waals surface area contributed by atoms with E-state index in [9.17, 15) is 0 Å². The summed E-state index contributed by atoms with van der Waals surface area (Å²) in [4.78, 5) is 8.28. The van der Waals surface area contributed by atoms with Gasteiger partial charge >= 0.3 is 0 Å². The highest BCUT2D eigenvalue weighted by atomic mass is 15.3. The average Bonchev–Trinajstić information content (AvgIpc) is 2.19. The van der Waals surface area contributed by atoms with Gasteiger partial charge in [0, 0.05) is 33.9 Å². The van der Waals surface area contributed by atoms with Crippen LogP contribution in [-0.4, -0.2) is 39.1 Å². The summed E-state index contributed by atoms with van der Waals surface area (Å²) in [6.07, 6.45) is 0. The van der Waals surface area contributed by atoms with Gasteiger partial charge in [-0.15, -0.1) is 0 Å². The van der Waals surface area contributed by atoms with E-state index in [0.29, 0.717) is 0 Å². The van der Waals surface area contributed by atoms with Gasteiger partial charge in [0.25, 0.3) is 0 Å². The lowest BCUT2D eigenvalue weighted by Crippen LogP contribution is -2.37. The lowest BCUT2D eigenvalue weighted by atomic mass is 10.3. The lowest BCUT2D eigenvalue weighted by Gasteiger charge is -2.26. The Hall–Kier alpha value is -1.51. The molecular formula is C11H17N3. The molecule has 0 aliphatic carbocycles. The van der Waals surface area contributed by atoms with Crippen LogP contribution in [0.4, 0.5) is 5.69 Å². The minimum atomic E-state index is 0.941. The van der Waals surface area contributed by atoms with Gasteiger partial charge in [-0.2, -0.15) is 0 Å². The molecule has 76 valence electrons. The van der Waals surface area contributed by atoms with E-state index >= 15 is 0 Å². The fourth-order valence-electron chi connectivity index (χ4n) is 1.42. The van der Waals surface area contributed by atoms with Crippen molar-refractivity contribution in [1.82, 2.24) is 4.90 Å². The monoisotopic (exact) mass is 191 g/mol. The zero-order valence-electron chi connectivity index (χ0n) is 9.23. The third kappa shape index (κ3) is 2.25. The van der Waals surface area contributed by atoms with Crippen molar-refractivity contribution >= 4 is 11.6 Å². The number of aliphatic imine (C=N–C) groups is 1. The van der Waals surface area contributed by atoms with E-state index in [-0.39, 0.29) is 0 Å². The molecule has 3 heteroatoms. The van der Waals surface area contributed by atoms with Crippen LogP contribution in [0.2, 0.25) is 0 Å². The van der Waals surface area contributed by atoms with Crippen LogP contribution in [0.15, 0.2) is 35.3 Å². The van der Waals surface area contributed by atoms with Crippen LogP contribution in [0.25, 0.3) is 0 Å². The molecule has 3 nitrogen and oxygen atoms in total. The molecule has 1 aromatic rings. The maximum atomic E-state index is 4.23. The number of anilines is 1. The molecule has 0 saturated heterocycles. The van der Waals surface area contributed by atoms with E-state index in [0.717, 1.165) is 11.6 Å². The molecule has 0 heterocycles. The minimum absolute atomic E-state index is 0.941. The quantitative estimate of drug-likeness (QED) is 0.496. The number of hydrogen-bond acceptors (Lipinski definition) is 1. The van der Waals surface area contributed by atoms with Gasteiger partial charge in [0.2, 0.25) is 0 Å². The normalized spacial score (nSPS) is 11.3. The second-order valence-corrected chi connectivity index (χ2v) is 3.31. The molecule has 0 amide bonds. The second kappa shape index (κ2) is 4.65. The number of rotatable bonds is 1.